The first-order valence-electron chi connectivity index (χ1n) is 3.47. The topological polar surface area (TPSA) is 58.9 Å². The van der Waals surface area contributed by atoms with Crippen LogP contribution in [0.4, 0.5) is 5.69 Å². The number of alkyl halides is 1. The summed E-state index contributed by atoms with van der Waals surface area (Å²) in [5.41, 5.74) is 1.34. The molecule has 0 aliphatic rings. The summed E-state index contributed by atoms with van der Waals surface area (Å²) in [7, 11) is 0. The highest BCUT2D eigenvalue weighted by atomic mass is 79.9. The SMILES string of the molecule is N#Cc1ccc(N[S+]([O-])CBr)cc1. The van der Waals surface area contributed by atoms with E-state index in [2.05, 4.69) is 20.7 Å². The molecule has 1 atom stereocenters. The molecule has 68 valence electrons. The fourth-order valence-corrected chi connectivity index (χ4v) is 1.57. The molecule has 0 spiro atoms. The van der Waals surface area contributed by atoms with Gasteiger partial charge in [0.05, 0.1) is 28.7 Å². The molecular formula is C8H7BrN2OS. The second-order valence-corrected chi connectivity index (χ2v) is 4.73. The van der Waals surface area contributed by atoms with Gasteiger partial charge in [-0.3, -0.25) is 0 Å². The molecular weight excluding hydrogens is 252 g/mol. The van der Waals surface area contributed by atoms with E-state index in [-0.39, 0.29) is 0 Å². The van der Waals surface area contributed by atoms with Gasteiger partial charge in [0.25, 0.3) is 0 Å². The normalized spacial score (nSPS) is 11.8. The van der Waals surface area contributed by atoms with Gasteiger partial charge < -0.3 is 4.55 Å². The lowest BCUT2D eigenvalue weighted by Gasteiger charge is -2.08. The maximum Gasteiger partial charge on any atom is 0.184 e. The summed E-state index contributed by atoms with van der Waals surface area (Å²) in [6.45, 7) is 0. The molecule has 0 radical (unpaired) electrons. The molecule has 13 heavy (non-hydrogen) atoms. The van der Waals surface area contributed by atoms with Crippen LogP contribution in [-0.2, 0) is 11.4 Å². The Kier molecular flexibility index (Phi) is 4.09. The Morgan fingerprint density at radius 1 is 1.46 bits per heavy atom. The molecule has 5 heteroatoms. The lowest BCUT2D eigenvalue weighted by molar-refractivity contribution is 0.605. The number of hydrogen-bond donors (Lipinski definition) is 1. The number of anilines is 1. The second-order valence-electron chi connectivity index (χ2n) is 2.25. The third-order valence-electron chi connectivity index (χ3n) is 1.34. The van der Waals surface area contributed by atoms with Crippen molar-refractivity contribution in [1.82, 2.24) is 0 Å². The van der Waals surface area contributed by atoms with Crippen molar-refractivity contribution in [3.63, 3.8) is 0 Å². The number of rotatable bonds is 3. The van der Waals surface area contributed by atoms with Crippen LogP contribution >= 0.6 is 15.9 Å². The first kappa shape index (κ1) is 10.4. The Hall–Kier alpha value is -0.700. The Bertz CT molecular complexity index is 309. The van der Waals surface area contributed by atoms with Crippen LogP contribution in [0, 0.1) is 11.3 Å². The van der Waals surface area contributed by atoms with Crippen molar-refractivity contribution in [2.24, 2.45) is 0 Å². The molecule has 1 rings (SSSR count). The van der Waals surface area contributed by atoms with E-state index < -0.39 is 11.4 Å². The van der Waals surface area contributed by atoms with Crippen molar-refractivity contribution in [3.05, 3.63) is 29.8 Å². The first-order valence-corrected chi connectivity index (χ1v) is 5.91. The molecule has 0 aliphatic carbocycles. The summed E-state index contributed by atoms with van der Waals surface area (Å²) in [4.78, 5) is 0. The molecule has 1 N–H and O–H groups in total. The number of nitriles is 1. The standard InChI is InChI=1S/C8H7BrN2OS/c9-6-13(12)11-8-3-1-7(5-10)2-4-8/h1-4,11H,6H2. The zero-order valence-electron chi connectivity index (χ0n) is 6.66. The fourth-order valence-electron chi connectivity index (χ4n) is 0.772. The highest BCUT2D eigenvalue weighted by molar-refractivity contribution is 9.10. The zero-order valence-corrected chi connectivity index (χ0v) is 9.06. The number of halogens is 1. The van der Waals surface area contributed by atoms with E-state index in [1.54, 1.807) is 24.3 Å². The number of benzene rings is 1. The van der Waals surface area contributed by atoms with E-state index in [0.717, 1.165) is 5.69 Å². The molecule has 0 saturated carbocycles. The highest BCUT2D eigenvalue weighted by Gasteiger charge is 2.02. The van der Waals surface area contributed by atoms with Crippen molar-refractivity contribution in [2.45, 2.75) is 0 Å². The van der Waals surface area contributed by atoms with E-state index in [1.807, 2.05) is 6.07 Å². The largest absolute Gasteiger partial charge is 0.592 e. The van der Waals surface area contributed by atoms with Gasteiger partial charge in [-0.1, -0.05) is 0 Å². The van der Waals surface area contributed by atoms with E-state index in [0.29, 0.717) is 10.2 Å². The Morgan fingerprint density at radius 2 is 2.08 bits per heavy atom. The summed E-state index contributed by atoms with van der Waals surface area (Å²) < 4.78 is 14.2. The van der Waals surface area contributed by atoms with Crippen LogP contribution in [0.2, 0.25) is 0 Å². The molecule has 1 unspecified atom stereocenters. The predicted molar refractivity (Wildman–Crippen MR) is 56.7 cm³/mol. The van der Waals surface area contributed by atoms with Crippen LogP contribution in [-0.4, -0.2) is 9.21 Å². The molecule has 3 nitrogen and oxygen atoms in total. The monoisotopic (exact) mass is 258 g/mol. The minimum Gasteiger partial charge on any atom is -0.592 e. The van der Waals surface area contributed by atoms with Crippen molar-refractivity contribution in [2.75, 3.05) is 9.38 Å². The summed E-state index contributed by atoms with van der Waals surface area (Å²) in [5.74, 6) is 0. The zero-order chi connectivity index (χ0) is 9.68. The minimum atomic E-state index is -1.10. The van der Waals surface area contributed by atoms with Crippen LogP contribution in [0.15, 0.2) is 24.3 Å². The van der Waals surface area contributed by atoms with E-state index >= 15 is 0 Å². The van der Waals surface area contributed by atoms with Crippen LogP contribution < -0.4 is 4.72 Å². The van der Waals surface area contributed by atoms with E-state index in [1.165, 1.54) is 0 Å². The van der Waals surface area contributed by atoms with Crippen molar-refractivity contribution in [1.29, 1.82) is 5.26 Å². The molecule has 0 saturated heterocycles. The second kappa shape index (κ2) is 5.12. The average Bonchev–Trinajstić information content (AvgIpc) is 2.19. The molecule has 0 aromatic heterocycles. The van der Waals surface area contributed by atoms with Gasteiger partial charge in [0.15, 0.2) is 4.66 Å². The lowest BCUT2D eigenvalue weighted by atomic mass is 10.2. The van der Waals surface area contributed by atoms with Crippen LogP contribution in [0.1, 0.15) is 5.56 Å². The summed E-state index contributed by atoms with van der Waals surface area (Å²) in [6, 6.07) is 8.80. The predicted octanol–water partition coefficient (Wildman–Crippen LogP) is 1.99. The van der Waals surface area contributed by atoms with Crippen LogP contribution in [0.25, 0.3) is 0 Å². The average molecular weight is 259 g/mol. The molecule has 0 bridgehead atoms. The summed E-state index contributed by atoms with van der Waals surface area (Å²) in [6.07, 6.45) is 0. The maximum absolute atomic E-state index is 11.0. The van der Waals surface area contributed by atoms with Gasteiger partial charge in [0.2, 0.25) is 0 Å². The molecule has 0 heterocycles. The Morgan fingerprint density at radius 3 is 2.54 bits per heavy atom. The summed E-state index contributed by atoms with van der Waals surface area (Å²) >= 11 is 1.98. The lowest BCUT2D eigenvalue weighted by Crippen LogP contribution is -2.12. The molecule has 0 fully saturated rings. The van der Waals surface area contributed by atoms with Gasteiger partial charge in [-0.15, -0.1) is 0 Å². The molecule has 0 aliphatic heterocycles. The van der Waals surface area contributed by atoms with Gasteiger partial charge in [-0.2, -0.15) is 5.26 Å². The van der Waals surface area contributed by atoms with E-state index in [4.69, 9.17) is 5.26 Å². The minimum absolute atomic E-state index is 0.382. The van der Waals surface area contributed by atoms with Crippen molar-refractivity contribution < 1.29 is 4.55 Å². The van der Waals surface area contributed by atoms with E-state index in [9.17, 15) is 4.55 Å². The molecule has 1 aromatic carbocycles. The summed E-state index contributed by atoms with van der Waals surface area (Å²) in [5, 5.41) is 8.52. The van der Waals surface area contributed by atoms with Gasteiger partial charge in [-0.25, -0.2) is 4.72 Å². The molecule has 1 aromatic rings. The third kappa shape index (κ3) is 3.27. The Labute approximate surface area is 88.2 Å². The molecule has 0 amide bonds. The van der Waals surface area contributed by atoms with Gasteiger partial charge >= 0.3 is 0 Å². The third-order valence-corrected chi connectivity index (χ3v) is 3.25. The van der Waals surface area contributed by atoms with Crippen LogP contribution in [0.5, 0.6) is 0 Å². The Balaban J connectivity index is 2.65. The van der Waals surface area contributed by atoms with Gasteiger partial charge in [0.1, 0.15) is 0 Å². The van der Waals surface area contributed by atoms with Crippen molar-refractivity contribution in [3.8, 4) is 6.07 Å². The maximum atomic E-state index is 11.0. The fraction of sp³-hybridized carbons (Fsp3) is 0.125. The number of hydrogen-bond acceptors (Lipinski definition) is 3. The first-order chi connectivity index (χ1) is 6.26. The van der Waals surface area contributed by atoms with Gasteiger partial charge in [-0.05, 0) is 40.2 Å². The van der Waals surface area contributed by atoms with Crippen molar-refractivity contribution >= 4 is 33.0 Å². The van der Waals surface area contributed by atoms with Gasteiger partial charge in [0, 0.05) is 0 Å². The number of nitrogens with one attached hydrogen (secondary N) is 1. The van der Waals surface area contributed by atoms with Crippen LogP contribution in [0.3, 0.4) is 0 Å². The highest BCUT2D eigenvalue weighted by Crippen LogP contribution is 2.11. The smallest absolute Gasteiger partial charge is 0.184 e. The number of nitrogens with zero attached hydrogens (tertiary/aromatic N) is 1. The quantitative estimate of drug-likeness (QED) is 0.667.